The van der Waals surface area contributed by atoms with Crippen LogP contribution in [-0.2, 0) is 51.1 Å². The van der Waals surface area contributed by atoms with E-state index in [1.54, 1.807) is 47.4 Å². The zero-order chi connectivity index (χ0) is 51.7. The van der Waals surface area contributed by atoms with E-state index in [0.29, 0.717) is 23.7 Å². The Morgan fingerprint density at radius 3 is 2.30 bits per heavy atom. The molecule has 17 heteroatoms. The van der Waals surface area contributed by atoms with Gasteiger partial charge in [-0.1, -0.05) is 84.7 Å². The van der Waals surface area contributed by atoms with Crippen molar-refractivity contribution in [1.82, 2.24) is 30.3 Å². The lowest BCUT2D eigenvalue weighted by atomic mass is 9.83. The predicted octanol–water partition coefficient (Wildman–Crippen LogP) is 6.88. The number of hydrogen-bond acceptors (Lipinski definition) is 12. The molecule has 2 aliphatic heterocycles. The number of likely N-dealkylation sites (N-methyl/N-ethyl adjacent to an activating group) is 1. The molecule has 0 aliphatic carbocycles. The van der Waals surface area contributed by atoms with E-state index in [9.17, 15) is 43.5 Å². The third-order valence-corrected chi connectivity index (χ3v) is 14.7. The molecule has 1 unspecified atom stereocenters. The molecule has 4 rings (SSSR count). The van der Waals surface area contributed by atoms with Crippen LogP contribution >= 0.6 is 11.3 Å². The van der Waals surface area contributed by atoms with Gasteiger partial charge in [0.1, 0.15) is 10.7 Å². The van der Waals surface area contributed by atoms with E-state index in [1.165, 1.54) is 13.0 Å². The number of likely N-dealkylation sites (tertiary alicyclic amines) is 1. The van der Waals surface area contributed by atoms with Crippen molar-refractivity contribution in [2.75, 3.05) is 33.7 Å². The first-order valence-corrected chi connectivity index (χ1v) is 25.8. The van der Waals surface area contributed by atoms with E-state index < -0.39 is 47.9 Å². The fraction of sp³-hybridized carbons (Fsp3) is 0.604. The van der Waals surface area contributed by atoms with Gasteiger partial charge in [-0.2, -0.15) is 0 Å². The SMILES string of the molecule is C=C1C=CC(=O)N1CCCCCC(=O)NCC(=O)Cc1ccc(C[C@@H](CC(C)C(=O)O)NC(=O)c2csc([C@@H](C[C@H](C(C)C)N(C)C(=O)[C@@H](CC(=O)[C@H]3CCCCN3C)[C@@H](C)CC)OC(C)=O)n2)cc1. The molecule has 0 saturated carbocycles. The Bertz CT molecular complexity index is 2170. The van der Waals surface area contributed by atoms with Gasteiger partial charge in [-0.25, -0.2) is 4.98 Å². The number of ketones is 2. The molecule has 0 spiro atoms. The lowest BCUT2D eigenvalue weighted by molar-refractivity contribution is -0.149. The van der Waals surface area contributed by atoms with Crippen LogP contribution in [0.3, 0.4) is 0 Å². The number of thiazole rings is 1. The number of nitrogens with one attached hydrogen (secondary N) is 2. The summed E-state index contributed by atoms with van der Waals surface area (Å²) in [6.45, 7) is 16.0. The minimum Gasteiger partial charge on any atom is -0.481 e. The summed E-state index contributed by atoms with van der Waals surface area (Å²) < 4.78 is 5.82. The second-order valence-corrected chi connectivity index (χ2v) is 20.5. The minimum absolute atomic E-state index is 0.0390. The fourth-order valence-corrected chi connectivity index (χ4v) is 10.1. The van der Waals surface area contributed by atoms with E-state index >= 15 is 0 Å². The summed E-state index contributed by atoms with van der Waals surface area (Å²) in [4.78, 5) is 113. The van der Waals surface area contributed by atoms with Gasteiger partial charge < -0.3 is 30.3 Å². The lowest BCUT2D eigenvalue weighted by Gasteiger charge is -2.37. The highest BCUT2D eigenvalue weighted by Gasteiger charge is 2.38. The van der Waals surface area contributed by atoms with Crippen LogP contribution in [0.1, 0.15) is 145 Å². The summed E-state index contributed by atoms with van der Waals surface area (Å²) in [6.07, 6.45) is 9.09. The Morgan fingerprint density at radius 1 is 0.986 bits per heavy atom. The summed E-state index contributed by atoms with van der Waals surface area (Å²) in [5.41, 5.74) is 2.27. The van der Waals surface area contributed by atoms with Crippen LogP contribution in [0.2, 0.25) is 0 Å². The van der Waals surface area contributed by atoms with Crippen LogP contribution in [0.5, 0.6) is 0 Å². The highest BCUT2D eigenvalue weighted by atomic mass is 32.1. The predicted molar refractivity (Wildman–Crippen MR) is 268 cm³/mol. The van der Waals surface area contributed by atoms with Gasteiger partial charge in [0.2, 0.25) is 11.8 Å². The molecule has 0 radical (unpaired) electrons. The van der Waals surface area contributed by atoms with E-state index in [2.05, 4.69) is 27.1 Å². The average Bonchev–Trinajstić information content (AvgIpc) is 3.94. The van der Waals surface area contributed by atoms with E-state index in [4.69, 9.17) is 4.74 Å². The average molecular weight is 989 g/mol. The Kier molecular flexibility index (Phi) is 22.6. The zero-order valence-electron chi connectivity index (χ0n) is 42.5. The number of carboxylic acids is 1. The van der Waals surface area contributed by atoms with Crippen molar-refractivity contribution >= 4 is 58.5 Å². The molecule has 384 valence electrons. The van der Waals surface area contributed by atoms with Crippen molar-refractivity contribution in [3.05, 3.63) is 75.9 Å². The van der Waals surface area contributed by atoms with Gasteiger partial charge in [-0.05, 0) is 81.2 Å². The monoisotopic (exact) mass is 989 g/mol. The van der Waals surface area contributed by atoms with Gasteiger partial charge in [0.25, 0.3) is 11.8 Å². The van der Waals surface area contributed by atoms with Crippen LogP contribution in [0.25, 0.3) is 0 Å². The molecule has 2 aromatic rings. The third kappa shape index (κ3) is 17.4. The second kappa shape index (κ2) is 27.7. The number of hydrogen-bond donors (Lipinski definition) is 3. The second-order valence-electron chi connectivity index (χ2n) is 19.6. The number of nitrogens with zero attached hydrogens (tertiary/aromatic N) is 4. The number of carbonyl (C=O) groups excluding carboxylic acids is 7. The number of esters is 1. The maximum atomic E-state index is 14.4. The van der Waals surface area contributed by atoms with Crippen molar-refractivity contribution in [1.29, 1.82) is 0 Å². The van der Waals surface area contributed by atoms with E-state index in [-0.39, 0.29) is 97.9 Å². The van der Waals surface area contributed by atoms with Gasteiger partial charge in [-0.3, -0.25) is 43.3 Å². The van der Waals surface area contributed by atoms with E-state index in [1.807, 2.05) is 46.9 Å². The van der Waals surface area contributed by atoms with Crippen LogP contribution in [0, 0.1) is 23.7 Å². The summed E-state index contributed by atoms with van der Waals surface area (Å²) >= 11 is 1.15. The number of rotatable bonds is 29. The van der Waals surface area contributed by atoms with Crippen LogP contribution in [0.4, 0.5) is 0 Å². The molecule has 3 heterocycles. The number of carbonyl (C=O) groups is 8. The number of Topliss-reactive ketones (excluding diaryl/α,β-unsaturated/α-hetero) is 2. The van der Waals surface area contributed by atoms with Crippen molar-refractivity contribution in [2.45, 2.75) is 149 Å². The van der Waals surface area contributed by atoms with Crippen molar-refractivity contribution in [2.24, 2.45) is 23.7 Å². The smallest absolute Gasteiger partial charge is 0.306 e. The molecule has 3 N–H and O–H groups in total. The third-order valence-electron chi connectivity index (χ3n) is 13.7. The number of piperidine rings is 1. The molecule has 70 heavy (non-hydrogen) atoms. The first-order valence-electron chi connectivity index (χ1n) is 24.9. The summed E-state index contributed by atoms with van der Waals surface area (Å²) in [5.74, 6) is -4.02. The molecular formula is C53H76N6O10S. The molecule has 2 aliphatic rings. The minimum atomic E-state index is -1.01. The number of aliphatic carboxylic acids is 1. The van der Waals surface area contributed by atoms with Crippen LogP contribution in [-0.4, -0.2) is 124 Å². The standard InChI is InChI=1S/C53H76N6O10S/c1-10-34(4)42(29-46(62)44-16-13-15-24-57(44)8)52(66)58(9)45(33(2)3)30-47(69-37(7)60)51-56-43(32-70-51)50(65)55-40(26-35(5)53(67)68)27-38-19-21-39(22-20-38)28-41(61)31-54-48(63)17-12-11-14-25-59-36(6)18-23-49(59)64/h18-23,32-35,40,42,44-45,47H,6,10-17,24-31H2,1-5,7-9H3,(H,54,63)(H,55,65)(H,67,68)/t34-,35?,40+,42-,44+,45+,47+/m0/s1. The van der Waals surface area contributed by atoms with Gasteiger partial charge >= 0.3 is 11.9 Å². The Balaban J connectivity index is 1.36. The highest BCUT2D eigenvalue weighted by Crippen LogP contribution is 2.33. The van der Waals surface area contributed by atoms with Crippen LogP contribution < -0.4 is 10.6 Å². The summed E-state index contributed by atoms with van der Waals surface area (Å²) in [7, 11) is 3.71. The van der Waals surface area contributed by atoms with E-state index in [0.717, 1.165) is 67.5 Å². The van der Waals surface area contributed by atoms with Gasteiger partial charge in [0.15, 0.2) is 17.7 Å². The number of aromatic nitrogens is 1. The number of carboxylic acid groups (broad SMARTS) is 1. The summed E-state index contributed by atoms with van der Waals surface area (Å²) in [6, 6.07) is 6.02. The zero-order valence-corrected chi connectivity index (χ0v) is 43.3. The number of benzene rings is 1. The normalized spacial score (nSPS) is 17.6. The molecule has 7 atom stereocenters. The number of unbranched alkanes of at least 4 members (excludes halogenated alkanes) is 2. The van der Waals surface area contributed by atoms with Gasteiger partial charge in [-0.15, -0.1) is 11.3 Å². The number of allylic oxidation sites excluding steroid dienone is 1. The fourth-order valence-electron chi connectivity index (χ4n) is 9.22. The number of ether oxygens (including phenoxy) is 1. The molecule has 1 saturated heterocycles. The van der Waals surface area contributed by atoms with Crippen LogP contribution in [0.15, 0.2) is 54.1 Å². The largest absolute Gasteiger partial charge is 0.481 e. The first kappa shape index (κ1) is 57.0. The molecular weight excluding hydrogens is 913 g/mol. The molecule has 16 nitrogen and oxygen atoms in total. The summed E-state index contributed by atoms with van der Waals surface area (Å²) in [5, 5.41) is 17.4. The number of amides is 4. The topological polar surface area (TPSA) is 213 Å². The van der Waals surface area contributed by atoms with Crippen molar-refractivity contribution in [3.63, 3.8) is 0 Å². The van der Waals surface area contributed by atoms with Crippen molar-refractivity contribution < 1.29 is 48.2 Å². The molecule has 0 bridgehead atoms. The Morgan fingerprint density at radius 2 is 1.69 bits per heavy atom. The Labute approximate surface area is 418 Å². The maximum absolute atomic E-state index is 14.4. The van der Waals surface area contributed by atoms with Gasteiger partial charge in [0, 0.05) is 81.4 Å². The lowest BCUT2D eigenvalue weighted by Crippen LogP contribution is -2.48. The maximum Gasteiger partial charge on any atom is 0.306 e. The van der Waals surface area contributed by atoms with Crippen molar-refractivity contribution in [3.8, 4) is 0 Å². The highest BCUT2D eigenvalue weighted by molar-refractivity contribution is 7.09. The molecule has 1 fully saturated rings. The molecule has 4 amide bonds. The molecule has 1 aromatic heterocycles. The first-order chi connectivity index (χ1) is 33.2. The Hall–Kier alpha value is -5.55. The quantitative estimate of drug-likeness (QED) is 0.0563. The molecule has 1 aromatic carbocycles. The van der Waals surface area contributed by atoms with Gasteiger partial charge in [0.05, 0.1) is 18.5 Å².